The lowest BCUT2D eigenvalue weighted by Crippen LogP contribution is -2.34. The molecule has 1 heterocycles. The number of hydrogen-bond acceptors (Lipinski definition) is 2. The van der Waals surface area contributed by atoms with Crippen LogP contribution in [-0.4, -0.2) is 18.3 Å². The molecule has 0 spiro atoms. The first-order valence-corrected chi connectivity index (χ1v) is 7.20. The second-order valence-corrected chi connectivity index (χ2v) is 6.48. The molecule has 0 saturated carbocycles. The van der Waals surface area contributed by atoms with Crippen molar-refractivity contribution >= 4 is 38.9 Å². The highest BCUT2D eigenvalue weighted by atomic mass is 35.5. The maximum absolute atomic E-state index is 12.0. The van der Waals surface area contributed by atoms with Crippen LogP contribution in [0.3, 0.4) is 0 Å². The number of rotatable bonds is 4. The summed E-state index contributed by atoms with van der Waals surface area (Å²) in [6, 6.07) is 9.94. The molecule has 2 aromatic rings. The van der Waals surface area contributed by atoms with Crippen LogP contribution in [0.4, 0.5) is 0 Å². The molecule has 1 aromatic carbocycles. The van der Waals surface area contributed by atoms with Crippen LogP contribution in [0.25, 0.3) is 10.1 Å². The average Bonchev–Trinajstić information content (AvgIpc) is 2.80. The van der Waals surface area contributed by atoms with Crippen molar-refractivity contribution in [3.63, 3.8) is 0 Å². The van der Waals surface area contributed by atoms with E-state index in [1.165, 1.54) is 11.3 Å². The fourth-order valence-electron chi connectivity index (χ4n) is 1.55. The Morgan fingerprint density at radius 1 is 1.39 bits per heavy atom. The van der Waals surface area contributed by atoms with Crippen LogP contribution in [-0.2, 0) is 0 Å². The summed E-state index contributed by atoms with van der Waals surface area (Å²) in [5.74, 6) is 0.508. The lowest BCUT2D eigenvalue weighted by molar-refractivity contribution is 0.0944. The Bertz CT molecular complexity index is 529. The van der Waals surface area contributed by atoms with Crippen molar-refractivity contribution < 1.29 is 4.79 Å². The average molecular weight is 282 g/mol. The van der Waals surface area contributed by atoms with Crippen molar-refractivity contribution in [1.29, 1.82) is 0 Å². The quantitative estimate of drug-likeness (QED) is 0.846. The minimum Gasteiger partial charge on any atom is -0.351 e. The van der Waals surface area contributed by atoms with Gasteiger partial charge in [-0.1, -0.05) is 32.0 Å². The number of alkyl halides is 1. The van der Waals surface area contributed by atoms with Crippen LogP contribution in [0.1, 0.15) is 23.5 Å². The highest BCUT2D eigenvalue weighted by Gasteiger charge is 2.18. The second-order valence-electron chi connectivity index (χ2n) is 5.13. The summed E-state index contributed by atoms with van der Waals surface area (Å²) in [4.78, 5) is 12.8. The molecule has 2 rings (SSSR count). The van der Waals surface area contributed by atoms with E-state index in [0.29, 0.717) is 12.4 Å². The summed E-state index contributed by atoms with van der Waals surface area (Å²) in [6.45, 7) is 4.65. The van der Waals surface area contributed by atoms with Crippen molar-refractivity contribution in [1.82, 2.24) is 5.32 Å². The fourth-order valence-corrected chi connectivity index (χ4v) is 2.62. The van der Waals surface area contributed by atoms with E-state index in [9.17, 15) is 4.79 Å². The van der Waals surface area contributed by atoms with Gasteiger partial charge in [0, 0.05) is 17.1 Å². The first kappa shape index (κ1) is 13.4. The predicted octanol–water partition coefficient (Wildman–Crippen LogP) is 3.90. The van der Waals surface area contributed by atoms with E-state index >= 15 is 0 Å². The van der Waals surface area contributed by atoms with Crippen molar-refractivity contribution in [2.75, 3.05) is 12.4 Å². The van der Waals surface area contributed by atoms with Gasteiger partial charge in [0.1, 0.15) is 0 Å². The second kappa shape index (κ2) is 5.29. The summed E-state index contributed by atoms with van der Waals surface area (Å²) in [5, 5.41) is 4.05. The standard InChI is InChI=1S/C14H16ClNOS/c1-14(2,8-15)9-16-13(17)12-7-10-5-3-4-6-11(10)18-12/h3-7H,8-9H2,1-2H3,(H,16,17). The van der Waals surface area contributed by atoms with Gasteiger partial charge in [0.15, 0.2) is 0 Å². The maximum atomic E-state index is 12.0. The fraction of sp³-hybridized carbons (Fsp3) is 0.357. The zero-order valence-electron chi connectivity index (χ0n) is 10.5. The molecule has 0 aliphatic heterocycles. The van der Waals surface area contributed by atoms with Crippen molar-refractivity contribution in [2.45, 2.75) is 13.8 Å². The van der Waals surface area contributed by atoms with Crippen LogP contribution < -0.4 is 5.32 Å². The smallest absolute Gasteiger partial charge is 0.261 e. The molecule has 1 aromatic heterocycles. The summed E-state index contributed by atoms with van der Waals surface area (Å²) < 4.78 is 1.14. The summed E-state index contributed by atoms with van der Waals surface area (Å²) in [7, 11) is 0. The third kappa shape index (κ3) is 3.03. The van der Waals surface area contributed by atoms with Crippen LogP contribution in [0.15, 0.2) is 30.3 Å². The maximum Gasteiger partial charge on any atom is 0.261 e. The number of thiophene rings is 1. The lowest BCUT2D eigenvalue weighted by atomic mass is 9.96. The summed E-state index contributed by atoms with van der Waals surface area (Å²) >= 11 is 7.36. The van der Waals surface area contributed by atoms with Crippen molar-refractivity contribution in [3.05, 3.63) is 35.2 Å². The van der Waals surface area contributed by atoms with Gasteiger partial charge in [-0.25, -0.2) is 0 Å². The molecule has 0 bridgehead atoms. The normalized spacial score (nSPS) is 11.7. The zero-order chi connectivity index (χ0) is 13.2. The number of fused-ring (bicyclic) bond motifs is 1. The number of nitrogens with one attached hydrogen (secondary N) is 1. The Balaban J connectivity index is 2.09. The molecule has 0 atom stereocenters. The molecule has 0 saturated heterocycles. The van der Waals surface area contributed by atoms with Gasteiger partial charge in [-0.3, -0.25) is 4.79 Å². The van der Waals surface area contributed by atoms with Crippen LogP contribution >= 0.6 is 22.9 Å². The largest absolute Gasteiger partial charge is 0.351 e. The van der Waals surface area contributed by atoms with Crippen LogP contribution in [0.5, 0.6) is 0 Å². The molecule has 2 nitrogen and oxygen atoms in total. The van der Waals surface area contributed by atoms with E-state index in [0.717, 1.165) is 15.0 Å². The first-order valence-electron chi connectivity index (χ1n) is 5.84. The topological polar surface area (TPSA) is 29.1 Å². The molecule has 4 heteroatoms. The molecule has 0 fully saturated rings. The Kier molecular flexibility index (Phi) is 3.93. The Morgan fingerprint density at radius 2 is 2.11 bits per heavy atom. The minimum atomic E-state index is -0.0755. The van der Waals surface area contributed by atoms with E-state index in [1.54, 1.807) is 0 Å². The molecular weight excluding hydrogens is 266 g/mol. The Labute approximate surface area is 116 Å². The number of carbonyl (C=O) groups excluding carboxylic acids is 1. The Morgan fingerprint density at radius 3 is 2.78 bits per heavy atom. The van der Waals surface area contributed by atoms with Crippen LogP contribution in [0.2, 0.25) is 0 Å². The van der Waals surface area contributed by atoms with E-state index in [-0.39, 0.29) is 11.3 Å². The van der Waals surface area contributed by atoms with Gasteiger partial charge in [0.2, 0.25) is 0 Å². The van der Waals surface area contributed by atoms with Crippen LogP contribution in [0, 0.1) is 5.41 Å². The third-order valence-electron chi connectivity index (χ3n) is 2.74. The number of halogens is 1. The Hall–Kier alpha value is -1.06. The van der Waals surface area contributed by atoms with E-state index in [4.69, 9.17) is 11.6 Å². The molecule has 0 unspecified atom stereocenters. The lowest BCUT2D eigenvalue weighted by Gasteiger charge is -2.21. The monoisotopic (exact) mass is 281 g/mol. The third-order valence-corrected chi connectivity index (χ3v) is 4.58. The molecule has 18 heavy (non-hydrogen) atoms. The summed E-state index contributed by atoms with van der Waals surface area (Å²) in [5.41, 5.74) is -0.0755. The molecule has 0 aliphatic carbocycles. The number of hydrogen-bond donors (Lipinski definition) is 1. The van der Waals surface area contributed by atoms with E-state index < -0.39 is 0 Å². The first-order chi connectivity index (χ1) is 8.52. The molecular formula is C14H16ClNOS. The predicted molar refractivity (Wildman–Crippen MR) is 78.7 cm³/mol. The van der Waals surface area contributed by atoms with E-state index in [2.05, 4.69) is 5.32 Å². The highest BCUT2D eigenvalue weighted by molar-refractivity contribution is 7.20. The summed E-state index contributed by atoms with van der Waals surface area (Å²) in [6.07, 6.45) is 0. The van der Waals surface area contributed by atoms with Gasteiger partial charge in [-0.05, 0) is 22.9 Å². The molecule has 1 N–H and O–H groups in total. The van der Waals surface area contributed by atoms with Gasteiger partial charge in [-0.15, -0.1) is 22.9 Å². The minimum absolute atomic E-state index is 0.0191. The highest BCUT2D eigenvalue weighted by Crippen LogP contribution is 2.25. The number of amides is 1. The van der Waals surface area contributed by atoms with Gasteiger partial charge in [-0.2, -0.15) is 0 Å². The van der Waals surface area contributed by atoms with E-state index in [1.807, 2.05) is 44.2 Å². The van der Waals surface area contributed by atoms with Gasteiger partial charge in [0.05, 0.1) is 4.88 Å². The molecule has 96 valence electrons. The van der Waals surface area contributed by atoms with Gasteiger partial charge in [0.25, 0.3) is 5.91 Å². The number of carbonyl (C=O) groups is 1. The van der Waals surface area contributed by atoms with Crippen molar-refractivity contribution in [2.24, 2.45) is 5.41 Å². The van der Waals surface area contributed by atoms with Gasteiger partial charge < -0.3 is 5.32 Å². The SMILES string of the molecule is CC(C)(CCl)CNC(=O)c1cc2ccccc2s1. The van der Waals surface area contributed by atoms with Gasteiger partial charge >= 0.3 is 0 Å². The molecule has 1 amide bonds. The zero-order valence-corrected chi connectivity index (χ0v) is 12.1. The molecule has 0 radical (unpaired) electrons. The number of benzene rings is 1. The molecule has 0 aliphatic rings. The van der Waals surface area contributed by atoms with Crippen molar-refractivity contribution in [3.8, 4) is 0 Å².